The molecule has 2 fully saturated rings. The molecule has 1 nitrogen and oxygen atoms in total. The van der Waals surface area contributed by atoms with Gasteiger partial charge in [-0.3, -0.25) is 0 Å². The smallest absolute Gasteiger partial charge is 0.0758 e. The molecular weight excluding hydrogens is 374 g/mol. The number of rotatable bonds is 4. The lowest BCUT2D eigenvalue weighted by Gasteiger charge is -2.31. The van der Waals surface area contributed by atoms with Crippen molar-refractivity contribution in [3.8, 4) is 0 Å². The normalized spacial score (nSPS) is 32.1. The van der Waals surface area contributed by atoms with Gasteiger partial charge in [-0.25, -0.2) is 0 Å². The number of hydrogen-bond donors (Lipinski definition) is 1. The topological polar surface area (TPSA) is 12.0 Å². The maximum atomic E-state index is 3.74. The molecule has 1 N–H and O–H groups in total. The average molecular weight is 393 g/mol. The highest BCUT2D eigenvalue weighted by atomic mass is 79.9. The average Bonchev–Trinajstić information content (AvgIpc) is 3.01. The summed E-state index contributed by atoms with van der Waals surface area (Å²) in [6.45, 7) is 3.27. The van der Waals surface area contributed by atoms with Gasteiger partial charge in [0, 0.05) is 6.04 Å². The molecule has 4 heteroatoms. The first-order valence-corrected chi connectivity index (χ1v) is 9.27. The molecule has 0 spiro atoms. The second-order valence-corrected chi connectivity index (χ2v) is 9.40. The van der Waals surface area contributed by atoms with Crippen molar-refractivity contribution in [2.24, 2.45) is 17.8 Å². The third kappa shape index (κ3) is 2.46. The Kier molecular flexibility index (Phi) is 4.19. The van der Waals surface area contributed by atoms with Crippen molar-refractivity contribution in [1.29, 1.82) is 0 Å². The van der Waals surface area contributed by atoms with Crippen molar-refractivity contribution in [2.75, 3.05) is 6.54 Å². The number of thiophene rings is 1. The lowest BCUT2D eigenvalue weighted by molar-refractivity contribution is 0.253. The molecule has 3 rings (SSSR count). The monoisotopic (exact) mass is 391 g/mol. The van der Waals surface area contributed by atoms with Gasteiger partial charge in [-0.2, -0.15) is 0 Å². The lowest BCUT2D eigenvalue weighted by Crippen LogP contribution is -2.31. The Balaban J connectivity index is 1.86. The van der Waals surface area contributed by atoms with E-state index < -0.39 is 0 Å². The molecule has 2 aliphatic carbocycles. The van der Waals surface area contributed by atoms with Gasteiger partial charge in [-0.15, -0.1) is 11.3 Å². The van der Waals surface area contributed by atoms with Crippen molar-refractivity contribution in [2.45, 2.75) is 38.6 Å². The van der Waals surface area contributed by atoms with E-state index in [-0.39, 0.29) is 0 Å². The fraction of sp³-hybridized carbons (Fsp3) is 0.714. The van der Waals surface area contributed by atoms with Crippen molar-refractivity contribution in [1.82, 2.24) is 5.32 Å². The lowest BCUT2D eigenvalue weighted by atomic mass is 9.81. The summed E-state index contributed by atoms with van der Waals surface area (Å²) in [4.78, 5) is 0. The van der Waals surface area contributed by atoms with E-state index in [2.05, 4.69) is 50.2 Å². The van der Waals surface area contributed by atoms with Gasteiger partial charge in [-0.05, 0) is 87.1 Å². The minimum absolute atomic E-state index is 0.544. The number of fused-ring (bicyclic) bond motifs is 2. The second-order valence-electron chi connectivity index (χ2n) is 5.65. The zero-order valence-corrected chi connectivity index (χ0v) is 14.6. The van der Waals surface area contributed by atoms with Crippen LogP contribution in [0.25, 0.3) is 0 Å². The van der Waals surface area contributed by atoms with E-state index in [1.807, 2.05) is 0 Å². The van der Waals surface area contributed by atoms with Crippen LogP contribution in [0.3, 0.4) is 0 Å². The predicted octanol–water partition coefficient (Wildman–Crippen LogP) is 5.36. The van der Waals surface area contributed by atoms with Gasteiger partial charge in [0.2, 0.25) is 0 Å². The van der Waals surface area contributed by atoms with Gasteiger partial charge in [-0.1, -0.05) is 13.3 Å². The molecule has 2 saturated carbocycles. The molecule has 1 heterocycles. The summed E-state index contributed by atoms with van der Waals surface area (Å²) in [5.41, 5.74) is 1.46. The molecule has 2 aliphatic rings. The maximum absolute atomic E-state index is 3.74. The van der Waals surface area contributed by atoms with Crippen molar-refractivity contribution < 1.29 is 0 Å². The van der Waals surface area contributed by atoms with Crippen LogP contribution < -0.4 is 5.32 Å². The van der Waals surface area contributed by atoms with Crippen LogP contribution in [0, 0.1) is 17.8 Å². The Morgan fingerprint density at radius 1 is 1.39 bits per heavy atom. The quantitative estimate of drug-likeness (QED) is 0.727. The van der Waals surface area contributed by atoms with Crippen LogP contribution in [0.4, 0.5) is 0 Å². The third-order valence-corrected chi connectivity index (χ3v) is 7.05. The highest BCUT2D eigenvalue weighted by Gasteiger charge is 2.43. The van der Waals surface area contributed by atoms with E-state index in [9.17, 15) is 0 Å². The van der Waals surface area contributed by atoms with Crippen LogP contribution in [0.1, 0.15) is 44.2 Å². The van der Waals surface area contributed by atoms with Crippen LogP contribution in [0.2, 0.25) is 0 Å². The Morgan fingerprint density at radius 2 is 2.22 bits per heavy atom. The minimum Gasteiger partial charge on any atom is -0.310 e. The highest BCUT2D eigenvalue weighted by Crippen LogP contribution is 2.53. The summed E-state index contributed by atoms with van der Waals surface area (Å²) < 4.78 is 2.53. The number of halogens is 2. The summed E-state index contributed by atoms with van der Waals surface area (Å²) >= 11 is 9.14. The molecule has 0 amide bonds. The largest absolute Gasteiger partial charge is 0.310 e. The van der Waals surface area contributed by atoms with E-state index in [0.29, 0.717) is 6.04 Å². The summed E-state index contributed by atoms with van der Waals surface area (Å²) in [5, 5.41) is 3.74. The standard InChI is InChI=1S/C14H19Br2NS/c1-2-17-13(11-7-12(15)18-14(11)16)10-6-8-3-4-9(10)5-8/h7-10,13,17H,2-6H2,1H3. The third-order valence-electron chi connectivity index (χ3n) is 4.66. The minimum atomic E-state index is 0.544. The molecular formula is C14H19Br2NS. The van der Waals surface area contributed by atoms with Crippen molar-refractivity contribution in [3.05, 3.63) is 19.2 Å². The summed E-state index contributed by atoms with van der Waals surface area (Å²) in [6, 6.07) is 2.84. The molecule has 1 aromatic rings. The Morgan fingerprint density at radius 3 is 2.72 bits per heavy atom. The van der Waals surface area contributed by atoms with Crippen LogP contribution >= 0.6 is 43.2 Å². The molecule has 18 heavy (non-hydrogen) atoms. The van der Waals surface area contributed by atoms with Gasteiger partial charge in [0.1, 0.15) is 0 Å². The first-order chi connectivity index (χ1) is 8.69. The summed E-state index contributed by atoms with van der Waals surface area (Å²) in [6.07, 6.45) is 5.85. The summed E-state index contributed by atoms with van der Waals surface area (Å²) in [7, 11) is 0. The fourth-order valence-electron chi connectivity index (χ4n) is 3.98. The molecule has 4 unspecified atom stereocenters. The van der Waals surface area contributed by atoms with Crippen molar-refractivity contribution in [3.63, 3.8) is 0 Å². The Labute approximate surface area is 130 Å². The van der Waals surface area contributed by atoms with Gasteiger partial charge in [0.25, 0.3) is 0 Å². The molecule has 0 saturated heterocycles. The molecule has 4 atom stereocenters. The van der Waals surface area contributed by atoms with E-state index in [4.69, 9.17) is 0 Å². The van der Waals surface area contributed by atoms with Crippen LogP contribution in [0.15, 0.2) is 13.6 Å². The highest BCUT2D eigenvalue weighted by molar-refractivity contribution is 9.12. The second kappa shape index (κ2) is 5.55. The van der Waals surface area contributed by atoms with Crippen LogP contribution in [-0.2, 0) is 0 Å². The van der Waals surface area contributed by atoms with Crippen LogP contribution in [-0.4, -0.2) is 6.54 Å². The predicted molar refractivity (Wildman–Crippen MR) is 85.1 cm³/mol. The van der Waals surface area contributed by atoms with E-state index in [1.165, 1.54) is 38.8 Å². The molecule has 100 valence electrons. The van der Waals surface area contributed by atoms with E-state index in [0.717, 1.165) is 24.3 Å². The van der Waals surface area contributed by atoms with E-state index >= 15 is 0 Å². The van der Waals surface area contributed by atoms with Gasteiger partial charge in [0.15, 0.2) is 0 Å². The molecule has 2 bridgehead atoms. The zero-order valence-electron chi connectivity index (χ0n) is 10.6. The number of nitrogens with one attached hydrogen (secondary N) is 1. The zero-order chi connectivity index (χ0) is 12.7. The fourth-order valence-corrected chi connectivity index (χ4v) is 6.91. The van der Waals surface area contributed by atoms with Gasteiger partial charge in [0.05, 0.1) is 7.57 Å². The molecule has 0 aromatic carbocycles. The van der Waals surface area contributed by atoms with E-state index in [1.54, 1.807) is 11.3 Å². The Bertz CT molecular complexity index is 431. The Hall–Kier alpha value is 0.620. The first kappa shape index (κ1) is 13.6. The molecule has 0 radical (unpaired) electrons. The van der Waals surface area contributed by atoms with Gasteiger partial charge >= 0.3 is 0 Å². The summed E-state index contributed by atoms with van der Waals surface area (Å²) in [5.74, 6) is 2.83. The molecule has 1 aromatic heterocycles. The van der Waals surface area contributed by atoms with Gasteiger partial charge < -0.3 is 5.32 Å². The van der Waals surface area contributed by atoms with Crippen LogP contribution in [0.5, 0.6) is 0 Å². The SMILES string of the molecule is CCNC(c1cc(Br)sc1Br)C1CC2CCC1C2. The molecule has 0 aliphatic heterocycles. The number of hydrogen-bond acceptors (Lipinski definition) is 2. The first-order valence-electron chi connectivity index (χ1n) is 6.87. The van der Waals surface area contributed by atoms with Crippen molar-refractivity contribution >= 4 is 43.2 Å². The maximum Gasteiger partial charge on any atom is 0.0758 e.